The van der Waals surface area contributed by atoms with Crippen molar-refractivity contribution in [1.29, 1.82) is 0 Å². The van der Waals surface area contributed by atoms with Crippen molar-refractivity contribution in [2.75, 3.05) is 13.2 Å². The minimum atomic E-state index is -0.257. The van der Waals surface area contributed by atoms with Crippen molar-refractivity contribution >= 4 is 0 Å². The van der Waals surface area contributed by atoms with E-state index in [2.05, 4.69) is 19.2 Å². The minimum Gasteiger partial charge on any atom is -0.494 e. The molecule has 0 fully saturated rings. The largest absolute Gasteiger partial charge is 0.494 e. The molecule has 0 bridgehead atoms. The van der Waals surface area contributed by atoms with Gasteiger partial charge in [-0.2, -0.15) is 0 Å². The van der Waals surface area contributed by atoms with Gasteiger partial charge in [-0.25, -0.2) is 0 Å². The van der Waals surface area contributed by atoms with Crippen molar-refractivity contribution in [1.82, 2.24) is 5.32 Å². The maximum atomic E-state index is 9.73. The predicted octanol–water partition coefficient (Wildman–Crippen LogP) is 2.58. The molecule has 0 radical (unpaired) electrons. The molecule has 2 N–H and O–H groups in total. The zero-order valence-electron chi connectivity index (χ0n) is 11.6. The number of ether oxygens (including phenoxy) is 1. The highest BCUT2D eigenvalue weighted by atomic mass is 16.5. The Bertz CT molecular complexity index is 322. The van der Waals surface area contributed by atoms with E-state index >= 15 is 0 Å². The lowest BCUT2D eigenvalue weighted by Crippen LogP contribution is -2.27. The second-order valence-electron chi connectivity index (χ2n) is 4.99. The molecule has 0 heterocycles. The van der Waals surface area contributed by atoms with Gasteiger partial charge < -0.3 is 15.2 Å². The lowest BCUT2D eigenvalue weighted by molar-refractivity contribution is 0.146. The number of rotatable bonds is 8. The number of aliphatic hydroxyl groups excluding tert-OH is 1. The summed E-state index contributed by atoms with van der Waals surface area (Å²) in [6.07, 6.45) is 0.587. The monoisotopic (exact) mass is 251 g/mol. The second kappa shape index (κ2) is 8.11. The van der Waals surface area contributed by atoms with Gasteiger partial charge in [-0.3, -0.25) is 0 Å². The summed E-state index contributed by atoms with van der Waals surface area (Å²) in [5, 5.41) is 13.0. The molecule has 18 heavy (non-hydrogen) atoms. The first-order valence-electron chi connectivity index (χ1n) is 6.72. The fourth-order valence-electron chi connectivity index (χ4n) is 1.88. The normalized spacial score (nSPS) is 12.7. The van der Waals surface area contributed by atoms with Gasteiger partial charge in [-0.05, 0) is 37.0 Å². The second-order valence-corrected chi connectivity index (χ2v) is 4.99. The summed E-state index contributed by atoms with van der Waals surface area (Å²) in [6, 6.07) is 8.05. The molecule has 0 aliphatic carbocycles. The van der Waals surface area contributed by atoms with Gasteiger partial charge in [0.1, 0.15) is 5.75 Å². The van der Waals surface area contributed by atoms with Gasteiger partial charge >= 0.3 is 0 Å². The predicted molar refractivity (Wildman–Crippen MR) is 74.8 cm³/mol. The Morgan fingerprint density at radius 2 is 1.89 bits per heavy atom. The van der Waals surface area contributed by atoms with Crippen LogP contribution in [0, 0.1) is 5.92 Å². The van der Waals surface area contributed by atoms with Crippen LogP contribution in [0.3, 0.4) is 0 Å². The highest BCUT2D eigenvalue weighted by Crippen LogP contribution is 2.12. The molecule has 0 saturated heterocycles. The van der Waals surface area contributed by atoms with E-state index in [9.17, 15) is 5.11 Å². The van der Waals surface area contributed by atoms with E-state index < -0.39 is 0 Å². The molecule has 1 rings (SSSR count). The van der Waals surface area contributed by atoms with Crippen LogP contribution in [-0.4, -0.2) is 24.4 Å². The molecular formula is C15H25NO2. The first kappa shape index (κ1) is 15.0. The lowest BCUT2D eigenvalue weighted by Gasteiger charge is -2.14. The number of hydrogen-bond acceptors (Lipinski definition) is 3. The number of benzene rings is 1. The lowest BCUT2D eigenvalue weighted by atomic mass is 10.1. The minimum absolute atomic E-state index is 0.257. The van der Waals surface area contributed by atoms with Crippen molar-refractivity contribution < 1.29 is 9.84 Å². The Balaban J connectivity index is 2.26. The third kappa shape index (κ3) is 6.03. The van der Waals surface area contributed by atoms with E-state index in [1.165, 1.54) is 5.56 Å². The maximum absolute atomic E-state index is 9.73. The van der Waals surface area contributed by atoms with Crippen LogP contribution in [-0.2, 0) is 6.54 Å². The standard InChI is InChI=1S/C15H25NO2/c1-4-18-15-7-5-13(6-8-15)10-16-11-14(17)9-12(2)3/h5-8,12,14,16-17H,4,9-11H2,1-3H3. The molecule has 3 nitrogen and oxygen atoms in total. The number of hydrogen-bond donors (Lipinski definition) is 2. The number of aliphatic hydroxyl groups is 1. The summed E-state index contributed by atoms with van der Waals surface area (Å²) in [6.45, 7) is 8.34. The molecule has 1 unspecified atom stereocenters. The third-order valence-corrected chi connectivity index (χ3v) is 2.69. The fourth-order valence-corrected chi connectivity index (χ4v) is 1.88. The Labute approximate surface area is 110 Å². The number of nitrogens with one attached hydrogen (secondary N) is 1. The molecule has 0 spiro atoms. The first-order valence-corrected chi connectivity index (χ1v) is 6.72. The Kier molecular flexibility index (Phi) is 6.76. The van der Waals surface area contributed by atoms with E-state index in [1.54, 1.807) is 0 Å². The van der Waals surface area contributed by atoms with Crippen molar-refractivity contribution in [2.24, 2.45) is 5.92 Å². The van der Waals surface area contributed by atoms with Crippen LogP contribution in [0.5, 0.6) is 5.75 Å². The van der Waals surface area contributed by atoms with E-state index in [0.717, 1.165) is 18.7 Å². The fraction of sp³-hybridized carbons (Fsp3) is 0.600. The molecule has 102 valence electrons. The van der Waals surface area contributed by atoms with Crippen molar-refractivity contribution in [3.8, 4) is 5.75 Å². The van der Waals surface area contributed by atoms with E-state index in [1.807, 2.05) is 31.2 Å². The summed E-state index contributed by atoms with van der Waals surface area (Å²) in [5.41, 5.74) is 1.20. The van der Waals surface area contributed by atoms with Crippen LogP contribution < -0.4 is 10.1 Å². The zero-order valence-corrected chi connectivity index (χ0v) is 11.6. The van der Waals surface area contributed by atoms with Crippen LogP contribution >= 0.6 is 0 Å². The quantitative estimate of drug-likeness (QED) is 0.746. The van der Waals surface area contributed by atoms with Crippen LogP contribution in [0.2, 0.25) is 0 Å². The molecular weight excluding hydrogens is 226 g/mol. The molecule has 1 aromatic carbocycles. The van der Waals surface area contributed by atoms with E-state index in [4.69, 9.17) is 4.74 Å². The van der Waals surface area contributed by atoms with Crippen LogP contribution in [0.15, 0.2) is 24.3 Å². The smallest absolute Gasteiger partial charge is 0.119 e. The van der Waals surface area contributed by atoms with Gasteiger partial charge in [0.2, 0.25) is 0 Å². The van der Waals surface area contributed by atoms with Gasteiger partial charge in [0.25, 0.3) is 0 Å². The van der Waals surface area contributed by atoms with Crippen molar-refractivity contribution in [3.63, 3.8) is 0 Å². The molecule has 0 aromatic heterocycles. The first-order chi connectivity index (χ1) is 8.61. The SMILES string of the molecule is CCOc1ccc(CNCC(O)CC(C)C)cc1. The zero-order chi connectivity index (χ0) is 13.4. The molecule has 0 amide bonds. The Morgan fingerprint density at radius 3 is 2.44 bits per heavy atom. The summed E-state index contributed by atoms with van der Waals surface area (Å²) in [4.78, 5) is 0. The molecule has 0 aliphatic rings. The summed E-state index contributed by atoms with van der Waals surface area (Å²) >= 11 is 0. The van der Waals surface area contributed by atoms with Crippen LogP contribution in [0.4, 0.5) is 0 Å². The molecule has 3 heteroatoms. The van der Waals surface area contributed by atoms with Gasteiger partial charge in [-0.1, -0.05) is 26.0 Å². The highest BCUT2D eigenvalue weighted by molar-refractivity contribution is 5.27. The van der Waals surface area contributed by atoms with Gasteiger partial charge in [-0.15, -0.1) is 0 Å². The van der Waals surface area contributed by atoms with Crippen molar-refractivity contribution in [3.05, 3.63) is 29.8 Å². The van der Waals surface area contributed by atoms with Gasteiger partial charge in [0.05, 0.1) is 12.7 Å². The van der Waals surface area contributed by atoms with Gasteiger partial charge in [0.15, 0.2) is 0 Å². The van der Waals surface area contributed by atoms with E-state index in [0.29, 0.717) is 19.1 Å². The molecule has 0 saturated carbocycles. The summed E-state index contributed by atoms with van der Waals surface area (Å²) < 4.78 is 5.39. The maximum Gasteiger partial charge on any atom is 0.119 e. The third-order valence-electron chi connectivity index (χ3n) is 2.69. The highest BCUT2D eigenvalue weighted by Gasteiger charge is 2.06. The van der Waals surface area contributed by atoms with Crippen LogP contribution in [0.25, 0.3) is 0 Å². The Morgan fingerprint density at radius 1 is 1.22 bits per heavy atom. The molecule has 1 atom stereocenters. The Hall–Kier alpha value is -1.06. The average Bonchev–Trinajstić information content (AvgIpc) is 2.31. The summed E-state index contributed by atoms with van der Waals surface area (Å²) in [7, 11) is 0. The average molecular weight is 251 g/mol. The molecule has 0 aliphatic heterocycles. The van der Waals surface area contributed by atoms with Crippen LogP contribution in [0.1, 0.15) is 32.8 Å². The topological polar surface area (TPSA) is 41.5 Å². The van der Waals surface area contributed by atoms with E-state index in [-0.39, 0.29) is 6.10 Å². The summed E-state index contributed by atoms with van der Waals surface area (Å²) in [5.74, 6) is 1.44. The van der Waals surface area contributed by atoms with Gasteiger partial charge in [0, 0.05) is 13.1 Å². The van der Waals surface area contributed by atoms with Crippen molar-refractivity contribution in [2.45, 2.75) is 39.8 Å². The molecule has 1 aromatic rings.